The highest BCUT2D eigenvalue weighted by Crippen LogP contribution is 2.34. The van der Waals surface area contributed by atoms with Gasteiger partial charge in [0, 0.05) is 6.04 Å². The van der Waals surface area contributed by atoms with Gasteiger partial charge < -0.3 is 14.4 Å². The summed E-state index contributed by atoms with van der Waals surface area (Å²) in [6.45, 7) is 4.66. The van der Waals surface area contributed by atoms with Crippen molar-refractivity contribution in [3.8, 4) is 11.5 Å². The van der Waals surface area contributed by atoms with Crippen LogP contribution >= 0.6 is 0 Å². The third-order valence-electron chi connectivity index (χ3n) is 4.56. The Morgan fingerprint density at radius 1 is 1.24 bits per heavy atom. The van der Waals surface area contributed by atoms with Crippen LogP contribution in [-0.2, 0) is 0 Å². The molecule has 0 unspecified atom stereocenters. The minimum Gasteiger partial charge on any atom is -0.505 e. The lowest BCUT2D eigenvalue weighted by Crippen LogP contribution is -2.12. The summed E-state index contributed by atoms with van der Waals surface area (Å²) < 4.78 is 8.01. The molecule has 0 saturated heterocycles. The van der Waals surface area contributed by atoms with Crippen molar-refractivity contribution in [1.29, 1.82) is 0 Å². The second kappa shape index (κ2) is 7.51. The Morgan fingerprint density at radius 2 is 2.04 bits per heavy atom. The summed E-state index contributed by atoms with van der Waals surface area (Å²) in [4.78, 5) is 19.4. The number of nitrogens with zero attached hydrogens (tertiary/aromatic N) is 3. The van der Waals surface area contributed by atoms with E-state index in [1.165, 1.54) is 23.5 Å². The largest absolute Gasteiger partial charge is 0.505 e. The molecule has 25 heavy (non-hydrogen) atoms. The van der Waals surface area contributed by atoms with E-state index < -0.39 is 0 Å². The van der Waals surface area contributed by atoms with Gasteiger partial charge >= 0.3 is 0 Å². The topological polar surface area (TPSA) is 77.2 Å². The van der Waals surface area contributed by atoms with Gasteiger partial charge in [-0.25, -0.2) is 4.98 Å². The van der Waals surface area contributed by atoms with Crippen molar-refractivity contribution in [3.05, 3.63) is 41.7 Å². The molecule has 132 valence electrons. The number of aldehydes is 1. The normalized spacial score (nSPS) is 14.8. The zero-order valence-corrected chi connectivity index (χ0v) is 14.6. The van der Waals surface area contributed by atoms with Gasteiger partial charge in [0.25, 0.3) is 0 Å². The van der Waals surface area contributed by atoms with Gasteiger partial charge in [0.1, 0.15) is 17.9 Å². The number of pyridine rings is 1. The van der Waals surface area contributed by atoms with Crippen LogP contribution in [0.5, 0.6) is 11.5 Å². The number of carbonyl (C=O) groups is 1. The summed E-state index contributed by atoms with van der Waals surface area (Å²) in [5, 5.41) is 9.73. The number of aromatic hydroxyl groups is 1. The minimum atomic E-state index is -0.164. The van der Waals surface area contributed by atoms with Crippen molar-refractivity contribution in [3.63, 3.8) is 0 Å². The van der Waals surface area contributed by atoms with Crippen LogP contribution in [-0.4, -0.2) is 32.5 Å². The van der Waals surface area contributed by atoms with Crippen molar-refractivity contribution >= 4 is 11.9 Å². The fourth-order valence-corrected chi connectivity index (χ4v) is 3.23. The Bertz CT molecular complexity index is 793. The molecule has 0 fully saturated rings. The molecule has 2 aromatic heterocycles. The molecule has 1 aliphatic rings. The highest BCUT2D eigenvalue weighted by Gasteiger charge is 2.19. The average molecular weight is 341 g/mol. The molecular weight excluding hydrogens is 318 g/mol. The molecule has 0 saturated carbocycles. The van der Waals surface area contributed by atoms with Gasteiger partial charge in [-0.1, -0.05) is 0 Å². The smallest absolute Gasteiger partial charge is 0.157 e. The number of hydrogen-bond acceptors (Lipinski definition) is 5. The highest BCUT2D eigenvalue weighted by molar-refractivity contribution is 5.82. The van der Waals surface area contributed by atoms with Gasteiger partial charge in [-0.2, -0.15) is 0 Å². The highest BCUT2D eigenvalue weighted by atomic mass is 16.5. The lowest BCUT2D eigenvalue weighted by Gasteiger charge is -2.23. The first-order valence-corrected chi connectivity index (χ1v) is 8.59. The van der Waals surface area contributed by atoms with Crippen LogP contribution in [0.2, 0.25) is 0 Å². The lowest BCUT2D eigenvalue weighted by atomic mass is 9.90. The van der Waals surface area contributed by atoms with Crippen LogP contribution in [0.25, 0.3) is 5.57 Å². The molecule has 1 N–H and O–H groups in total. The molecule has 2 aromatic rings. The molecule has 0 aromatic carbocycles. The standard InChI is InChI=1S/C19H23N3O3/c1-13(2)22-12-21-7-17(22)15-6-4-3-5-14(15)11-25-19-9-20-8-18(24)16(19)10-23/h7-10,12-13,24H,3-6,11H2,1-2H3. The molecule has 1 aliphatic carbocycles. The number of rotatable bonds is 6. The van der Waals surface area contributed by atoms with Crippen molar-refractivity contribution in [2.75, 3.05) is 6.61 Å². The molecule has 2 heterocycles. The first-order valence-electron chi connectivity index (χ1n) is 8.59. The van der Waals surface area contributed by atoms with Crippen molar-refractivity contribution in [2.45, 2.75) is 45.6 Å². The number of imidazole rings is 1. The number of carbonyl (C=O) groups excluding carboxylic acids is 1. The molecule has 0 atom stereocenters. The van der Waals surface area contributed by atoms with E-state index in [1.807, 2.05) is 12.5 Å². The molecule has 0 radical (unpaired) electrons. The van der Waals surface area contributed by atoms with Crippen LogP contribution < -0.4 is 4.74 Å². The molecule has 3 rings (SSSR count). The minimum absolute atomic E-state index is 0.139. The van der Waals surface area contributed by atoms with E-state index in [9.17, 15) is 9.90 Å². The quantitative estimate of drug-likeness (QED) is 0.809. The van der Waals surface area contributed by atoms with E-state index in [0.717, 1.165) is 31.4 Å². The maximum Gasteiger partial charge on any atom is 0.157 e. The summed E-state index contributed by atoms with van der Waals surface area (Å²) in [5.74, 6) is 0.146. The van der Waals surface area contributed by atoms with Crippen LogP contribution in [0, 0.1) is 0 Å². The maximum absolute atomic E-state index is 11.2. The van der Waals surface area contributed by atoms with Gasteiger partial charge in [-0.15, -0.1) is 0 Å². The summed E-state index contributed by atoms with van der Waals surface area (Å²) in [5.41, 5.74) is 3.77. The predicted octanol–water partition coefficient (Wildman–Crippen LogP) is 3.78. The Morgan fingerprint density at radius 3 is 2.80 bits per heavy atom. The first-order chi connectivity index (χ1) is 12.1. The first kappa shape index (κ1) is 17.2. The predicted molar refractivity (Wildman–Crippen MR) is 94.8 cm³/mol. The Hall–Kier alpha value is -2.63. The van der Waals surface area contributed by atoms with Crippen LogP contribution in [0.1, 0.15) is 61.6 Å². The molecule has 0 bridgehead atoms. The third-order valence-corrected chi connectivity index (χ3v) is 4.56. The summed E-state index contributed by atoms with van der Waals surface area (Å²) in [7, 11) is 0. The second-order valence-corrected chi connectivity index (χ2v) is 6.55. The lowest BCUT2D eigenvalue weighted by molar-refractivity contribution is 0.111. The SMILES string of the molecule is CC(C)n1cncc1C1=C(COc2cncc(O)c2C=O)CCCC1. The summed E-state index contributed by atoms with van der Waals surface area (Å²) in [6.07, 6.45) is 11.3. The van der Waals surface area contributed by atoms with Crippen LogP contribution in [0.15, 0.2) is 30.5 Å². The third kappa shape index (κ3) is 3.57. The second-order valence-electron chi connectivity index (χ2n) is 6.55. The number of aromatic nitrogens is 3. The van der Waals surface area contributed by atoms with Gasteiger partial charge in [0.2, 0.25) is 0 Å². The van der Waals surface area contributed by atoms with Crippen LogP contribution in [0.3, 0.4) is 0 Å². The average Bonchev–Trinajstić information content (AvgIpc) is 3.10. The van der Waals surface area contributed by atoms with Gasteiger partial charge in [-0.3, -0.25) is 9.78 Å². The van der Waals surface area contributed by atoms with E-state index in [4.69, 9.17) is 4.74 Å². The summed E-state index contributed by atoms with van der Waals surface area (Å²) in [6, 6.07) is 0.339. The van der Waals surface area contributed by atoms with Crippen molar-refractivity contribution in [2.24, 2.45) is 0 Å². The number of hydrogen-bond donors (Lipinski definition) is 1. The fraction of sp³-hybridized carbons (Fsp3) is 0.421. The van der Waals surface area contributed by atoms with E-state index >= 15 is 0 Å². The Kier molecular flexibility index (Phi) is 5.16. The number of ether oxygens (including phenoxy) is 1. The molecule has 0 aliphatic heterocycles. The Labute approximate surface area is 147 Å². The maximum atomic E-state index is 11.2. The molecule has 6 nitrogen and oxygen atoms in total. The van der Waals surface area contributed by atoms with E-state index in [0.29, 0.717) is 24.7 Å². The van der Waals surface area contributed by atoms with Gasteiger partial charge in [0.05, 0.1) is 30.6 Å². The van der Waals surface area contributed by atoms with Crippen LogP contribution in [0.4, 0.5) is 0 Å². The van der Waals surface area contributed by atoms with E-state index in [1.54, 1.807) is 0 Å². The zero-order valence-electron chi connectivity index (χ0n) is 14.6. The molecule has 0 spiro atoms. The fourth-order valence-electron chi connectivity index (χ4n) is 3.23. The van der Waals surface area contributed by atoms with Gasteiger partial charge in [-0.05, 0) is 50.7 Å². The molecule has 6 heteroatoms. The Balaban J connectivity index is 1.89. The monoisotopic (exact) mass is 341 g/mol. The number of allylic oxidation sites excluding steroid dienone is 1. The summed E-state index contributed by atoms with van der Waals surface area (Å²) >= 11 is 0. The van der Waals surface area contributed by atoms with Gasteiger partial charge in [0.15, 0.2) is 12.0 Å². The van der Waals surface area contributed by atoms with Crippen molar-refractivity contribution in [1.82, 2.24) is 14.5 Å². The van der Waals surface area contributed by atoms with E-state index in [2.05, 4.69) is 28.4 Å². The van der Waals surface area contributed by atoms with E-state index in [-0.39, 0.29) is 11.3 Å². The zero-order chi connectivity index (χ0) is 17.8. The molecule has 0 amide bonds. The molecular formula is C19H23N3O3. The van der Waals surface area contributed by atoms with Crippen molar-refractivity contribution < 1.29 is 14.6 Å².